The molecular formula is C9H17N3O2. The van der Waals surface area contributed by atoms with E-state index in [0.29, 0.717) is 20.0 Å². The first kappa shape index (κ1) is 11.0. The summed E-state index contributed by atoms with van der Waals surface area (Å²) >= 11 is 0. The lowest BCUT2D eigenvalue weighted by Crippen LogP contribution is -2.57. The van der Waals surface area contributed by atoms with Crippen molar-refractivity contribution in [3.63, 3.8) is 0 Å². The van der Waals surface area contributed by atoms with Gasteiger partial charge < -0.3 is 9.80 Å². The van der Waals surface area contributed by atoms with Crippen molar-refractivity contribution < 1.29 is 9.59 Å². The molecule has 1 fully saturated rings. The topological polar surface area (TPSA) is 43.9 Å². The second-order valence-electron chi connectivity index (χ2n) is 3.53. The van der Waals surface area contributed by atoms with Crippen LogP contribution in [0.3, 0.4) is 0 Å². The predicted molar refractivity (Wildman–Crippen MR) is 52.0 cm³/mol. The Kier molecular flexibility index (Phi) is 3.46. The van der Waals surface area contributed by atoms with Gasteiger partial charge in [-0.05, 0) is 6.54 Å². The molecule has 0 unspecified atom stereocenters. The summed E-state index contributed by atoms with van der Waals surface area (Å²) in [6.45, 7) is 7.57. The molecule has 80 valence electrons. The molecule has 5 heteroatoms. The summed E-state index contributed by atoms with van der Waals surface area (Å²) in [6, 6.07) is 0. The summed E-state index contributed by atoms with van der Waals surface area (Å²) in [5.41, 5.74) is 0. The highest BCUT2D eigenvalue weighted by Gasteiger charge is 2.24. The highest BCUT2D eigenvalue weighted by Crippen LogP contribution is 2.07. The molecule has 0 atom stereocenters. The number of hydrogen-bond donors (Lipinski definition) is 0. The molecular weight excluding hydrogens is 182 g/mol. The molecule has 1 heterocycles. The molecule has 1 rings (SSSR count). The van der Waals surface area contributed by atoms with Gasteiger partial charge in [-0.15, -0.1) is 0 Å². The van der Waals surface area contributed by atoms with Gasteiger partial charge in [-0.2, -0.15) is 0 Å². The van der Waals surface area contributed by atoms with Gasteiger partial charge in [0.1, 0.15) is 0 Å². The smallest absolute Gasteiger partial charge is 0.221 e. The fourth-order valence-corrected chi connectivity index (χ4v) is 1.42. The number of rotatable bonds is 1. The SMILES string of the molecule is CCN1CN(C(C)=O)CN(C(C)=O)C1. The van der Waals surface area contributed by atoms with Crippen molar-refractivity contribution >= 4 is 11.8 Å². The predicted octanol–water partition coefficient (Wildman–Crippen LogP) is -0.109. The molecule has 1 saturated heterocycles. The Balaban J connectivity index is 2.66. The Morgan fingerprint density at radius 2 is 1.43 bits per heavy atom. The first-order valence-electron chi connectivity index (χ1n) is 4.78. The van der Waals surface area contributed by atoms with Gasteiger partial charge in [-0.1, -0.05) is 6.92 Å². The minimum atomic E-state index is 0.00870. The van der Waals surface area contributed by atoms with Crippen LogP contribution in [-0.2, 0) is 9.59 Å². The summed E-state index contributed by atoms with van der Waals surface area (Å²) in [5, 5.41) is 0. The Labute approximate surface area is 84.3 Å². The Hall–Kier alpha value is -1.10. The molecule has 0 saturated carbocycles. The Bertz CT molecular complexity index is 220. The van der Waals surface area contributed by atoms with Crippen LogP contribution in [-0.4, -0.2) is 53.1 Å². The molecule has 0 radical (unpaired) electrons. The fourth-order valence-electron chi connectivity index (χ4n) is 1.42. The number of hydrogen-bond acceptors (Lipinski definition) is 3. The van der Waals surface area contributed by atoms with Gasteiger partial charge >= 0.3 is 0 Å². The highest BCUT2D eigenvalue weighted by molar-refractivity contribution is 5.76. The zero-order valence-electron chi connectivity index (χ0n) is 8.99. The van der Waals surface area contributed by atoms with E-state index in [1.165, 1.54) is 13.8 Å². The highest BCUT2D eigenvalue weighted by atomic mass is 16.2. The van der Waals surface area contributed by atoms with Crippen LogP contribution in [0.5, 0.6) is 0 Å². The molecule has 14 heavy (non-hydrogen) atoms. The van der Waals surface area contributed by atoms with Gasteiger partial charge in [0.15, 0.2) is 0 Å². The molecule has 0 N–H and O–H groups in total. The van der Waals surface area contributed by atoms with E-state index in [4.69, 9.17) is 0 Å². The molecule has 0 aromatic heterocycles. The molecule has 0 bridgehead atoms. The molecule has 0 aromatic carbocycles. The fraction of sp³-hybridized carbons (Fsp3) is 0.778. The second kappa shape index (κ2) is 4.41. The van der Waals surface area contributed by atoms with Gasteiger partial charge in [0.05, 0.1) is 20.0 Å². The van der Waals surface area contributed by atoms with Crippen LogP contribution in [0.25, 0.3) is 0 Å². The van der Waals surface area contributed by atoms with E-state index in [2.05, 4.69) is 0 Å². The lowest BCUT2D eigenvalue weighted by Gasteiger charge is -2.41. The van der Waals surface area contributed by atoms with Gasteiger partial charge in [0.2, 0.25) is 11.8 Å². The minimum Gasteiger partial charge on any atom is -0.312 e. The molecule has 2 amide bonds. The lowest BCUT2D eigenvalue weighted by atomic mass is 10.4. The average molecular weight is 199 g/mol. The minimum absolute atomic E-state index is 0.00870. The number of carbonyl (C=O) groups excluding carboxylic acids is 2. The first-order valence-corrected chi connectivity index (χ1v) is 4.78. The van der Waals surface area contributed by atoms with Crippen molar-refractivity contribution in [1.29, 1.82) is 0 Å². The van der Waals surface area contributed by atoms with Crippen LogP contribution < -0.4 is 0 Å². The third-order valence-corrected chi connectivity index (χ3v) is 2.42. The average Bonchev–Trinajstić information content (AvgIpc) is 2.16. The maximum atomic E-state index is 11.2. The van der Waals surface area contributed by atoms with Crippen molar-refractivity contribution in [2.45, 2.75) is 20.8 Å². The van der Waals surface area contributed by atoms with Crippen molar-refractivity contribution in [2.75, 3.05) is 26.6 Å². The largest absolute Gasteiger partial charge is 0.312 e. The van der Waals surface area contributed by atoms with Gasteiger partial charge in [-0.3, -0.25) is 14.5 Å². The molecule has 0 aliphatic carbocycles. The quantitative estimate of drug-likeness (QED) is 0.592. The molecule has 0 spiro atoms. The van der Waals surface area contributed by atoms with E-state index in [1.807, 2.05) is 11.8 Å². The molecule has 0 aromatic rings. The van der Waals surface area contributed by atoms with Crippen molar-refractivity contribution in [3.05, 3.63) is 0 Å². The number of amides is 2. The standard InChI is InChI=1S/C9H17N3O2/c1-4-10-5-11(8(2)13)7-12(6-10)9(3)14/h4-7H2,1-3H3. The first-order chi connectivity index (χ1) is 6.54. The summed E-state index contributed by atoms with van der Waals surface area (Å²) in [4.78, 5) is 27.7. The van der Waals surface area contributed by atoms with Crippen LogP contribution in [0.1, 0.15) is 20.8 Å². The van der Waals surface area contributed by atoms with E-state index in [1.54, 1.807) is 9.80 Å². The van der Waals surface area contributed by atoms with Crippen molar-refractivity contribution in [3.8, 4) is 0 Å². The zero-order valence-corrected chi connectivity index (χ0v) is 8.99. The van der Waals surface area contributed by atoms with E-state index in [0.717, 1.165) is 6.54 Å². The molecule has 1 aliphatic rings. The normalized spacial score (nSPS) is 18.5. The maximum absolute atomic E-state index is 11.2. The van der Waals surface area contributed by atoms with E-state index in [9.17, 15) is 9.59 Å². The third kappa shape index (κ3) is 2.45. The summed E-state index contributed by atoms with van der Waals surface area (Å²) in [7, 11) is 0. The van der Waals surface area contributed by atoms with Crippen molar-refractivity contribution in [1.82, 2.24) is 14.7 Å². The van der Waals surface area contributed by atoms with Gasteiger partial charge in [0.25, 0.3) is 0 Å². The monoisotopic (exact) mass is 199 g/mol. The van der Waals surface area contributed by atoms with E-state index >= 15 is 0 Å². The van der Waals surface area contributed by atoms with Crippen LogP contribution in [0.15, 0.2) is 0 Å². The van der Waals surface area contributed by atoms with E-state index < -0.39 is 0 Å². The number of carbonyl (C=O) groups is 2. The Morgan fingerprint density at radius 3 is 1.71 bits per heavy atom. The third-order valence-electron chi connectivity index (χ3n) is 2.42. The molecule has 1 aliphatic heterocycles. The van der Waals surface area contributed by atoms with E-state index in [-0.39, 0.29) is 11.8 Å². The van der Waals surface area contributed by atoms with Gasteiger partial charge in [-0.25, -0.2) is 0 Å². The maximum Gasteiger partial charge on any atom is 0.221 e. The number of nitrogens with zero attached hydrogens (tertiary/aromatic N) is 3. The van der Waals surface area contributed by atoms with Crippen LogP contribution in [0, 0.1) is 0 Å². The van der Waals surface area contributed by atoms with Crippen LogP contribution in [0.4, 0.5) is 0 Å². The van der Waals surface area contributed by atoms with Crippen LogP contribution >= 0.6 is 0 Å². The summed E-state index contributed by atoms with van der Waals surface area (Å²) in [5.74, 6) is 0.0174. The summed E-state index contributed by atoms with van der Waals surface area (Å²) in [6.07, 6.45) is 0. The van der Waals surface area contributed by atoms with Crippen molar-refractivity contribution in [2.24, 2.45) is 0 Å². The molecule has 5 nitrogen and oxygen atoms in total. The lowest BCUT2D eigenvalue weighted by molar-refractivity contribution is -0.149. The van der Waals surface area contributed by atoms with Gasteiger partial charge in [0, 0.05) is 13.8 Å². The zero-order chi connectivity index (χ0) is 10.7. The second-order valence-corrected chi connectivity index (χ2v) is 3.53. The summed E-state index contributed by atoms with van der Waals surface area (Å²) < 4.78 is 0. The van der Waals surface area contributed by atoms with Crippen LogP contribution in [0.2, 0.25) is 0 Å². The Morgan fingerprint density at radius 1 is 1.00 bits per heavy atom.